The standard InChI is InChI=1S/C28H34F6N4O3S/c29-27(30,31)20-3-1-19(2-4-20)18-41-23-9-12-36(13-10-23)14-11-26(42)37-15-7-21(8-16-37)35-22-5-6-25(38(39)40)24(17-22)28(32,33)34/h1-6,17,21,23,35,39-40H,7-16,18H2. The summed E-state index contributed by atoms with van der Waals surface area (Å²) in [6.45, 7) is 4.13. The predicted octanol–water partition coefficient (Wildman–Crippen LogP) is 6.58. The first-order valence-electron chi connectivity index (χ1n) is 13.7. The maximum Gasteiger partial charge on any atom is 0.418 e. The molecule has 3 N–H and O–H groups in total. The van der Waals surface area contributed by atoms with Crippen LogP contribution in [0.25, 0.3) is 0 Å². The van der Waals surface area contributed by atoms with Gasteiger partial charge in [0.25, 0.3) is 0 Å². The molecule has 2 aliphatic heterocycles. The Labute approximate surface area is 245 Å². The molecule has 42 heavy (non-hydrogen) atoms. The summed E-state index contributed by atoms with van der Waals surface area (Å²) in [6.07, 6.45) is -5.28. The number of halogens is 6. The van der Waals surface area contributed by atoms with Gasteiger partial charge >= 0.3 is 12.4 Å². The van der Waals surface area contributed by atoms with E-state index in [4.69, 9.17) is 27.4 Å². The Balaban J connectivity index is 1.14. The third-order valence-electron chi connectivity index (χ3n) is 7.68. The lowest BCUT2D eigenvalue weighted by Gasteiger charge is -2.36. The molecule has 14 heteroatoms. The Bertz CT molecular complexity index is 1180. The number of benzene rings is 2. The molecule has 0 spiro atoms. The van der Waals surface area contributed by atoms with E-state index < -0.39 is 34.4 Å². The van der Waals surface area contributed by atoms with Gasteiger partial charge in [-0.05, 0) is 61.6 Å². The molecule has 0 radical (unpaired) electrons. The van der Waals surface area contributed by atoms with Gasteiger partial charge in [0.2, 0.25) is 0 Å². The van der Waals surface area contributed by atoms with Gasteiger partial charge in [-0.25, -0.2) is 0 Å². The van der Waals surface area contributed by atoms with E-state index in [0.29, 0.717) is 31.5 Å². The first-order valence-corrected chi connectivity index (χ1v) is 14.1. The van der Waals surface area contributed by atoms with Crippen molar-refractivity contribution in [3.63, 3.8) is 0 Å². The Morgan fingerprint density at radius 3 is 2.12 bits per heavy atom. The Hall–Kier alpha value is -2.65. The van der Waals surface area contributed by atoms with Crippen molar-refractivity contribution in [2.75, 3.05) is 43.3 Å². The molecule has 0 atom stereocenters. The third kappa shape index (κ3) is 8.93. The number of piperidine rings is 2. The van der Waals surface area contributed by atoms with Gasteiger partial charge in [0.05, 0.1) is 28.8 Å². The average molecular weight is 621 g/mol. The lowest BCUT2D eigenvalue weighted by molar-refractivity contribution is -0.139. The number of likely N-dealkylation sites (tertiary alicyclic amines) is 2. The lowest BCUT2D eigenvalue weighted by atomic mass is 10.0. The van der Waals surface area contributed by atoms with Gasteiger partial charge in [0, 0.05) is 50.9 Å². The molecule has 7 nitrogen and oxygen atoms in total. The minimum atomic E-state index is -4.75. The van der Waals surface area contributed by atoms with Gasteiger partial charge in [0.1, 0.15) is 5.69 Å². The molecule has 0 saturated carbocycles. The van der Waals surface area contributed by atoms with E-state index in [1.165, 1.54) is 18.2 Å². The summed E-state index contributed by atoms with van der Waals surface area (Å²) in [5.74, 6) is 0. The van der Waals surface area contributed by atoms with Crippen molar-refractivity contribution >= 4 is 28.6 Å². The quantitative estimate of drug-likeness (QED) is 0.165. The van der Waals surface area contributed by atoms with E-state index in [0.717, 1.165) is 68.2 Å². The molecule has 232 valence electrons. The fraction of sp³-hybridized carbons (Fsp3) is 0.536. The smallest absolute Gasteiger partial charge is 0.382 e. The van der Waals surface area contributed by atoms with Gasteiger partial charge < -0.3 is 19.9 Å². The van der Waals surface area contributed by atoms with E-state index in [2.05, 4.69) is 15.1 Å². The second kappa shape index (κ2) is 13.8. The molecule has 2 aliphatic rings. The van der Waals surface area contributed by atoms with Crippen LogP contribution in [0.5, 0.6) is 0 Å². The van der Waals surface area contributed by atoms with Gasteiger partial charge in [-0.2, -0.15) is 26.3 Å². The number of nitrogens with one attached hydrogen (secondary N) is 1. The zero-order valence-corrected chi connectivity index (χ0v) is 23.6. The zero-order valence-electron chi connectivity index (χ0n) is 22.8. The van der Waals surface area contributed by atoms with Crippen LogP contribution >= 0.6 is 12.2 Å². The molecule has 4 rings (SSSR count). The normalized spacial score (nSPS) is 17.9. The number of anilines is 2. The Morgan fingerprint density at radius 1 is 0.905 bits per heavy atom. The topological polar surface area (TPSA) is 71.4 Å². The summed E-state index contributed by atoms with van der Waals surface area (Å²) < 4.78 is 84.1. The highest BCUT2D eigenvalue weighted by Crippen LogP contribution is 2.38. The minimum Gasteiger partial charge on any atom is -0.382 e. The highest BCUT2D eigenvalue weighted by molar-refractivity contribution is 7.80. The van der Waals surface area contributed by atoms with E-state index >= 15 is 0 Å². The average Bonchev–Trinajstić information content (AvgIpc) is 2.95. The second-order valence-electron chi connectivity index (χ2n) is 10.6. The van der Waals surface area contributed by atoms with Crippen LogP contribution in [0.2, 0.25) is 0 Å². The van der Waals surface area contributed by atoms with Crippen molar-refractivity contribution in [2.24, 2.45) is 0 Å². The second-order valence-corrected chi connectivity index (χ2v) is 11.1. The van der Waals surface area contributed by atoms with E-state index in [1.54, 1.807) is 0 Å². The van der Waals surface area contributed by atoms with Crippen LogP contribution in [0.3, 0.4) is 0 Å². The monoisotopic (exact) mass is 620 g/mol. The van der Waals surface area contributed by atoms with Gasteiger partial charge in [0.15, 0.2) is 0 Å². The first kappa shape index (κ1) is 32.3. The summed E-state index contributed by atoms with van der Waals surface area (Å²) in [5, 5.41) is 20.8. The third-order valence-corrected chi connectivity index (χ3v) is 8.14. The summed E-state index contributed by atoms with van der Waals surface area (Å²) in [6, 6.07) is 8.24. The number of hydrogen-bond donors (Lipinski definition) is 3. The molecule has 2 saturated heterocycles. The zero-order chi connectivity index (χ0) is 30.5. The minimum absolute atomic E-state index is 0.0445. The largest absolute Gasteiger partial charge is 0.418 e. The molecule has 2 aromatic carbocycles. The molecular weight excluding hydrogens is 586 g/mol. The molecular formula is C28H34F6N4O3S. The van der Waals surface area contributed by atoms with Crippen molar-refractivity contribution in [1.82, 2.24) is 9.80 Å². The van der Waals surface area contributed by atoms with Crippen LogP contribution in [-0.4, -0.2) is 70.1 Å². The number of nitrogens with zero attached hydrogens (tertiary/aromatic N) is 3. The van der Waals surface area contributed by atoms with E-state index in [9.17, 15) is 26.3 Å². The molecule has 0 aromatic heterocycles. The summed E-state index contributed by atoms with van der Waals surface area (Å²) >= 11 is 5.67. The van der Waals surface area contributed by atoms with Gasteiger partial charge in [-0.15, -0.1) is 5.23 Å². The van der Waals surface area contributed by atoms with E-state index in [1.807, 2.05) is 0 Å². The summed E-state index contributed by atoms with van der Waals surface area (Å²) in [4.78, 5) is 5.30. The number of alkyl halides is 6. The lowest BCUT2D eigenvalue weighted by Crippen LogP contribution is -2.43. The van der Waals surface area contributed by atoms with Crippen LogP contribution in [0.15, 0.2) is 42.5 Å². The Morgan fingerprint density at radius 2 is 1.55 bits per heavy atom. The van der Waals surface area contributed by atoms with Crippen LogP contribution in [0.4, 0.5) is 37.7 Å². The number of thiocarbonyl (C=S) groups is 1. The van der Waals surface area contributed by atoms with Gasteiger partial charge in [-0.1, -0.05) is 24.4 Å². The molecule has 2 heterocycles. The first-order chi connectivity index (χ1) is 19.8. The van der Waals surface area contributed by atoms with E-state index in [-0.39, 0.29) is 24.4 Å². The Kier molecular flexibility index (Phi) is 10.6. The van der Waals surface area contributed by atoms with Crippen LogP contribution in [0.1, 0.15) is 48.8 Å². The van der Waals surface area contributed by atoms with Crippen LogP contribution < -0.4 is 10.5 Å². The molecule has 0 bridgehead atoms. The SMILES string of the molecule is ON(O)c1ccc(NC2CCN(C(=S)CCN3CCC(OCc4ccc(C(F)(F)F)cc4)CC3)CC2)cc1C(F)(F)F. The predicted molar refractivity (Wildman–Crippen MR) is 149 cm³/mol. The summed E-state index contributed by atoms with van der Waals surface area (Å²) in [7, 11) is 0. The molecule has 0 unspecified atom stereocenters. The number of rotatable bonds is 9. The van der Waals surface area contributed by atoms with Crippen molar-refractivity contribution in [2.45, 2.75) is 63.2 Å². The summed E-state index contributed by atoms with van der Waals surface area (Å²) in [5.41, 5.74) is -1.61. The fourth-order valence-corrected chi connectivity index (χ4v) is 5.53. The molecule has 0 amide bonds. The highest BCUT2D eigenvalue weighted by atomic mass is 32.1. The maximum absolute atomic E-state index is 13.3. The van der Waals surface area contributed by atoms with Crippen molar-refractivity contribution < 1.29 is 41.5 Å². The number of hydrogen-bond acceptors (Lipinski definition) is 7. The highest BCUT2D eigenvalue weighted by Gasteiger charge is 2.36. The van der Waals surface area contributed by atoms with Gasteiger partial charge in [-0.3, -0.25) is 10.4 Å². The van der Waals surface area contributed by atoms with Crippen LogP contribution in [-0.2, 0) is 23.7 Å². The van der Waals surface area contributed by atoms with Crippen molar-refractivity contribution in [3.05, 3.63) is 59.2 Å². The maximum atomic E-state index is 13.3. The van der Waals surface area contributed by atoms with Crippen molar-refractivity contribution in [3.8, 4) is 0 Å². The van der Waals surface area contributed by atoms with Crippen molar-refractivity contribution in [1.29, 1.82) is 0 Å². The molecule has 0 aliphatic carbocycles. The molecule has 2 aromatic rings. The molecule has 2 fully saturated rings. The number of ether oxygens (including phenoxy) is 1. The fourth-order valence-electron chi connectivity index (χ4n) is 5.25. The van der Waals surface area contributed by atoms with Crippen LogP contribution in [0, 0.1) is 0 Å².